The standard InChI is InChI=1S/C16H28NO/c1-16-11-10-13-17(15-16)12-8-6-4-2-3-5-7-9-14-18/h10-11,13,15,18H,2-9,12,14H2,1H3/q+1. The Morgan fingerprint density at radius 1 is 0.944 bits per heavy atom. The van der Waals surface area contributed by atoms with E-state index in [1.807, 2.05) is 0 Å². The van der Waals surface area contributed by atoms with Gasteiger partial charge in [0.25, 0.3) is 0 Å². The van der Waals surface area contributed by atoms with E-state index in [2.05, 4.69) is 36.0 Å². The summed E-state index contributed by atoms with van der Waals surface area (Å²) < 4.78 is 2.29. The van der Waals surface area contributed by atoms with E-state index in [0.29, 0.717) is 6.61 Å². The summed E-state index contributed by atoms with van der Waals surface area (Å²) in [5.74, 6) is 0. The molecule has 0 atom stereocenters. The summed E-state index contributed by atoms with van der Waals surface area (Å²) in [6, 6.07) is 4.26. The Morgan fingerprint density at radius 2 is 1.56 bits per heavy atom. The third-order valence-electron chi connectivity index (χ3n) is 3.33. The largest absolute Gasteiger partial charge is 0.396 e. The fourth-order valence-electron chi connectivity index (χ4n) is 2.26. The molecule has 2 nitrogen and oxygen atoms in total. The van der Waals surface area contributed by atoms with E-state index in [9.17, 15) is 0 Å². The highest BCUT2D eigenvalue weighted by molar-refractivity contribution is 5.01. The molecule has 1 aromatic heterocycles. The monoisotopic (exact) mass is 250 g/mol. The zero-order valence-corrected chi connectivity index (χ0v) is 11.8. The lowest BCUT2D eigenvalue weighted by atomic mass is 10.1. The summed E-state index contributed by atoms with van der Waals surface area (Å²) in [5.41, 5.74) is 1.33. The molecular formula is C16H28NO+. The van der Waals surface area contributed by atoms with Crippen molar-refractivity contribution >= 4 is 0 Å². The SMILES string of the molecule is Cc1ccc[n+](CCCCCCCCCCO)c1. The first-order chi connectivity index (χ1) is 8.83. The van der Waals surface area contributed by atoms with Gasteiger partial charge in [0.05, 0.1) is 0 Å². The van der Waals surface area contributed by atoms with Crippen LogP contribution in [0.25, 0.3) is 0 Å². The smallest absolute Gasteiger partial charge is 0.171 e. The molecule has 0 fully saturated rings. The van der Waals surface area contributed by atoms with Gasteiger partial charge in [0, 0.05) is 24.7 Å². The summed E-state index contributed by atoms with van der Waals surface area (Å²) in [4.78, 5) is 0. The van der Waals surface area contributed by atoms with Crippen LogP contribution in [0.1, 0.15) is 56.9 Å². The summed E-state index contributed by atoms with van der Waals surface area (Å²) in [5, 5.41) is 8.66. The summed E-state index contributed by atoms with van der Waals surface area (Å²) in [6.07, 6.45) is 14.5. The van der Waals surface area contributed by atoms with E-state index >= 15 is 0 Å². The van der Waals surface area contributed by atoms with Gasteiger partial charge in [0.2, 0.25) is 0 Å². The topological polar surface area (TPSA) is 24.1 Å². The molecule has 0 aliphatic carbocycles. The highest BCUT2D eigenvalue weighted by Gasteiger charge is 1.99. The Labute approximate surface area is 112 Å². The highest BCUT2D eigenvalue weighted by Crippen LogP contribution is 2.08. The van der Waals surface area contributed by atoms with Crippen LogP contribution in [0.15, 0.2) is 24.5 Å². The maximum absolute atomic E-state index is 8.66. The van der Waals surface area contributed by atoms with Crippen molar-refractivity contribution in [3.05, 3.63) is 30.1 Å². The zero-order chi connectivity index (χ0) is 13.1. The summed E-state index contributed by atoms with van der Waals surface area (Å²) in [7, 11) is 0. The second kappa shape index (κ2) is 10.1. The van der Waals surface area contributed by atoms with Gasteiger partial charge in [0.1, 0.15) is 6.54 Å². The predicted molar refractivity (Wildman–Crippen MR) is 75.4 cm³/mol. The van der Waals surface area contributed by atoms with Gasteiger partial charge in [-0.2, -0.15) is 0 Å². The van der Waals surface area contributed by atoms with Crippen molar-refractivity contribution in [2.24, 2.45) is 0 Å². The molecule has 0 aromatic carbocycles. The van der Waals surface area contributed by atoms with Crippen LogP contribution in [-0.4, -0.2) is 11.7 Å². The van der Waals surface area contributed by atoms with Crippen molar-refractivity contribution < 1.29 is 9.67 Å². The molecule has 0 aliphatic heterocycles. The van der Waals surface area contributed by atoms with Crippen molar-refractivity contribution in [1.29, 1.82) is 0 Å². The van der Waals surface area contributed by atoms with E-state index in [1.54, 1.807) is 0 Å². The highest BCUT2D eigenvalue weighted by atomic mass is 16.2. The van der Waals surface area contributed by atoms with Crippen LogP contribution in [0.5, 0.6) is 0 Å². The number of rotatable bonds is 10. The maximum atomic E-state index is 8.66. The van der Waals surface area contributed by atoms with E-state index < -0.39 is 0 Å². The van der Waals surface area contributed by atoms with Crippen molar-refractivity contribution in [2.75, 3.05) is 6.61 Å². The number of aliphatic hydroxyl groups is 1. The molecule has 1 heterocycles. The van der Waals surface area contributed by atoms with Gasteiger partial charge in [0.15, 0.2) is 12.4 Å². The third kappa shape index (κ3) is 7.44. The van der Waals surface area contributed by atoms with E-state index in [1.165, 1.54) is 50.5 Å². The molecule has 1 aromatic rings. The Hall–Kier alpha value is -0.890. The fraction of sp³-hybridized carbons (Fsp3) is 0.688. The lowest BCUT2D eigenvalue weighted by Crippen LogP contribution is -2.32. The number of pyridine rings is 1. The van der Waals surface area contributed by atoms with Gasteiger partial charge in [-0.05, 0) is 25.8 Å². The zero-order valence-electron chi connectivity index (χ0n) is 11.8. The fourth-order valence-corrected chi connectivity index (χ4v) is 2.26. The van der Waals surface area contributed by atoms with Crippen LogP contribution >= 0.6 is 0 Å². The van der Waals surface area contributed by atoms with Crippen molar-refractivity contribution in [3.63, 3.8) is 0 Å². The van der Waals surface area contributed by atoms with Gasteiger partial charge < -0.3 is 5.11 Å². The average Bonchev–Trinajstić information content (AvgIpc) is 2.37. The molecule has 0 radical (unpaired) electrons. The minimum Gasteiger partial charge on any atom is -0.396 e. The second-order valence-electron chi connectivity index (χ2n) is 5.17. The number of unbranched alkanes of at least 4 members (excludes halogenated alkanes) is 7. The van der Waals surface area contributed by atoms with Crippen LogP contribution in [0.2, 0.25) is 0 Å². The van der Waals surface area contributed by atoms with Crippen molar-refractivity contribution in [2.45, 2.75) is 64.8 Å². The van der Waals surface area contributed by atoms with E-state index in [-0.39, 0.29) is 0 Å². The Kier molecular flexibility index (Phi) is 8.49. The number of aryl methyl sites for hydroxylation is 2. The van der Waals surface area contributed by atoms with Crippen LogP contribution in [0.3, 0.4) is 0 Å². The van der Waals surface area contributed by atoms with Crippen molar-refractivity contribution in [3.8, 4) is 0 Å². The molecule has 0 saturated heterocycles. The first kappa shape index (κ1) is 15.2. The molecule has 1 rings (SSSR count). The molecule has 0 saturated carbocycles. The van der Waals surface area contributed by atoms with Gasteiger partial charge in [-0.1, -0.05) is 32.1 Å². The molecule has 0 bridgehead atoms. The minimum absolute atomic E-state index is 0.355. The van der Waals surface area contributed by atoms with Crippen LogP contribution in [0.4, 0.5) is 0 Å². The van der Waals surface area contributed by atoms with Gasteiger partial charge in [-0.3, -0.25) is 0 Å². The average molecular weight is 250 g/mol. The number of aliphatic hydroxyl groups excluding tert-OH is 1. The Balaban J connectivity index is 1.92. The Bertz CT molecular complexity index is 312. The molecule has 0 amide bonds. The molecule has 1 N–H and O–H groups in total. The van der Waals surface area contributed by atoms with Crippen molar-refractivity contribution in [1.82, 2.24) is 0 Å². The minimum atomic E-state index is 0.355. The van der Waals surface area contributed by atoms with Gasteiger partial charge in [-0.25, -0.2) is 4.57 Å². The van der Waals surface area contributed by atoms with E-state index in [4.69, 9.17) is 5.11 Å². The van der Waals surface area contributed by atoms with Gasteiger partial charge in [-0.15, -0.1) is 0 Å². The third-order valence-corrected chi connectivity index (χ3v) is 3.33. The second-order valence-corrected chi connectivity index (χ2v) is 5.17. The number of nitrogens with zero attached hydrogens (tertiary/aromatic N) is 1. The van der Waals surface area contributed by atoms with Gasteiger partial charge >= 0.3 is 0 Å². The molecule has 102 valence electrons. The molecule has 2 heteroatoms. The van der Waals surface area contributed by atoms with Crippen LogP contribution in [-0.2, 0) is 6.54 Å². The molecule has 0 spiro atoms. The maximum Gasteiger partial charge on any atom is 0.171 e. The lowest BCUT2D eigenvalue weighted by molar-refractivity contribution is -0.697. The summed E-state index contributed by atoms with van der Waals surface area (Å²) in [6.45, 7) is 3.64. The first-order valence-electron chi connectivity index (χ1n) is 7.39. The number of hydrogen-bond donors (Lipinski definition) is 1. The number of aromatic nitrogens is 1. The Morgan fingerprint density at radius 3 is 2.17 bits per heavy atom. The molecule has 0 unspecified atom stereocenters. The number of hydrogen-bond acceptors (Lipinski definition) is 1. The molecular weight excluding hydrogens is 222 g/mol. The lowest BCUT2D eigenvalue weighted by Gasteiger charge is -2.01. The normalized spacial score (nSPS) is 10.8. The van der Waals surface area contributed by atoms with E-state index in [0.717, 1.165) is 13.0 Å². The quantitative estimate of drug-likeness (QED) is 0.499. The van der Waals surface area contributed by atoms with Crippen LogP contribution < -0.4 is 4.57 Å². The molecule has 18 heavy (non-hydrogen) atoms. The molecule has 0 aliphatic rings. The van der Waals surface area contributed by atoms with Crippen LogP contribution in [0, 0.1) is 6.92 Å². The first-order valence-corrected chi connectivity index (χ1v) is 7.39. The summed E-state index contributed by atoms with van der Waals surface area (Å²) >= 11 is 0. The predicted octanol–water partition coefficient (Wildman–Crippen LogP) is 3.40.